The number of nitrogens with one attached hydrogen (secondary N) is 1. The molecule has 0 aromatic heterocycles. The predicted octanol–water partition coefficient (Wildman–Crippen LogP) is 5.04. The number of hydrogen-bond donors (Lipinski definition) is 1. The van der Waals surface area contributed by atoms with E-state index in [1.54, 1.807) is 0 Å². The summed E-state index contributed by atoms with van der Waals surface area (Å²) in [6.45, 7) is 13.0. The third-order valence-corrected chi connectivity index (χ3v) is 12.5. The van der Waals surface area contributed by atoms with Crippen molar-refractivity contribution in [1.29, 1.82) is 0 Å². The van der Waals surface area contributed by atoms with Crippen molar-refractivity contribution in [2.45, 2.75) is 57.4 Å². The molecular weight excluding hydrogens is 466 g/mol. The zero-order valence-electron chi connectivity index (χ0n) is 21.7. The number of rotatable bonds is 7. The lowest BCUT2D eigenvalue weighted by atomic mass is 10.2. The molecule has 0 spiro atoms. The van der Waals surface area contributed by atoms with Gasteiger partial charge in [0.25, 0.3) is 8.32 Å². The predicted molar refractivity (Wildman–Crippen MR) is 152 cm³/mol. The standard InChI is InChI=1S/C30H37NO2SSi/c1-29(2,3)34(32)31-26(23-22-25-16-10-7-11-17-25)24-33-35(30(4,5)6,27-18-12-8-13-19-27)28-20-14-9-15-21-28/h7-21,26,31H,24H2,1-6H3/t26-,34+/m0/s1. The van der Waals surface area contributed by atoms with Crippen LogP contribution < -0.4 is 15.1 Å². The molecule has 0 saturated heterocycles. The molecule has 184 valence electrons. The monoisotopic (exact) mass is 503 g/mol. The minimum Gasteiger partial charge on any atom is -0.405 e. The summed E-state index contributed by atoms with van der Waals surface area (Å²) in [5.41, 5.74) is 0.922. The van der Waals surface area contributed by atoms with E-state index in [4.69, 9.17) is 4.43 Å². The van der Waals surface area contributed by atoms with Crippen LogP contribution >= 0.6 is 0 Å². The maximum atomic E-state index is 13.0. The molecule has 0 aliphatic rings. The van der Waals surface area contributed by atoms with Crippen molar-refractivity contribution in [2.75, 3.05) is 6.61 Å². The molecule has 3 rings (SSSR count). The Morgan fingerprint density at radius 2 is 1.26 bits per heavy atom. The van der Waals surface area contributed by atoms with Crippen molar-refractivity contribution in [3.63, 3.8) is 0 Å². The Morgan fingerprint density at radius 1 is 0.800 bits per heavy atom. The fourth-order valence-electron chi connectivity index (χ4n) is 4.07. The Labute approximate surface area is 215 Å². The van der Waals surface area contributed by atoms with Crippen molar-refractivity contribution in [1.82, 2.24) is 4.72 Å². The van der Waals surface area contributed by atoms with Gasteiger partial charge in [-0.15, -0.1) is 0 Å². The molecule has 1 N–H and O–H groups in total. The highest BCUT2D eigenvalue weighted by molar-refractivity contribution is 7.84. The SMILES string of the molecule is CC(C)(C)[S@@](=O)N[C@@H](C#Cc1ccccc1)CO[Si](c1ccccc1)(c1ccccc1)C(C)(C)C. The van der Waals surface area contributed by atoms with Crippen LogP contribution in [0.15, 0.2) is 91.0 Å². The fraction of sp³-hybridized carbons (Fsp3) is 0.333. The second-order valence-corrected chi connectivity index (χ2v) is 17.0. The van der Waals surface area contributed by atoms with Gasteiger partial charge in [0.2, 0.25) is 0 Å². The maximum Gasteiger partial charge on any atom is 0.261 e. The molecule has 0 fully saturated rings. The van der Waals surface area contributed by atoms with Gasteiger partial charge in [-0.25, -0.2) is 8.93 Å². The van der Waals surface area contributed by atoms with Gasteiger partial charge in [0, 0.05) is 5.56 Å². The van der Waals surface area contributed by atoms with Crippen LogP contribution in [0.25, 0.3) is 0 Å². The molecule has 3 aromatic rings. The van der Waals surface area contributed by atoms with E-state index in [1.807, 2.05) is 63.2 Å². The average Bonchev–Trinajstić information content (AvgIpc) is 2.83. The molecule has 5 heteroatoms. The Bertz CT molecular complexity index is 1120. The molecule has 0 aliphatic carbocycles. The molecule has 0 heterocycles. The number of benzene rings is 3. The van der Waals surface area contributed by atoms with E-state index in [0.717, 1.165) is 5.56 Å². The normalized spacial score (nSPS) is 14.0. The Kier molecular flexibility index (Phi) is 8.90. The second kappa shape index (κ2) is 11.5. The van der Waals surface area contributed by atoms with Gasteiger partial charge in [0.15, 0.2) is 0 Å². The van der Waals surface area contributed by atoms with E-state index in [-0.39, 0.29) is 5.04 Å². The summed E-state index contributed by atoms with van der Waals surface area (Å²) in [6, 6.07) is 30.6. The second-order valence-electron chi connectivity index (χ2n) is 10.7. The largest absolute Gasteiger partial charge is 0.405 e. The molecule has 2 atom stereocenters. The van der Waals surface area contributed by atoms with Crippen LogP contribution in [0.4, 0.5) is 0 Å². The summed E-state index contributed by atoms with van der Waals surface area (Å²) in [5.74, 6) is 6.55. The molecule has 0 saturated carbocycles. The average molecular weight is 504 g/mol. The van der Waals surface area contributed by atoms with Gasteiger partial charge in [0.05, 0.1) is 22.3 Å². The van der Waals surface area contributed by atoms with Crippen LogP contribution in [-0.4, -0.2) is 29.9 Å². The van der Waals surface area contributed by atoms with Gasteiger partial charge >= 0.3 is 0 Å². The highest BCUT2D eigenvalue weighted by Crippen LogP contribution is 2.36. The molecule has 0 amide bonds. The van der Waals surface area contributed by atoms with Crippen LogP contribution in [0.2, 0.25) is 5.04 Å². The summed E-state index contributed by atoms with van der Waals surface area (Å²) in [6.07, 6.45) is 0. The van der Waals surface area contributed by atoms with E-state index in [9.17, 15) is 4.21 Å². The summed E-state index contributed by atoms with van der Waals surface area (Å²) in [7, 11) is -4.00. The highest BCUT2D eigenvalue weighted by atomic mass is 32.2. The van der Waals surface area contributed by atoms with E-state index in [0.29, 0.717) is 6.61 Å². The fourth-order valence-corrected chi connectivity index (χ4v) is 9.38. The van der Waals surface area contributed by atoms with Crippen LogP contribution in [0.1, 0.15) is 47.1 Å². The maximum absolute atomic E-state index is 13.0. The van der Waals surface area contributed by atoms with E-state index >= 15 is 0 Å². The minimum absolute atomic E-state index is 0.143. The van der Waals surface area contributed by atoms with Gasteiger partial charge in [-0.2, -0.15) is 0 Å². The first-order valence-corrected chi connectivity index (χ1v) is 15.1. The van der Waals surface area contributed by atoms with Crippen molar-refractivity contribution < 1.29 is 8.63 Å². The Hall–Kier alpha value is -2.49. The van der Waals surface area contributed by atoms with E-state index < -0.39 is 30.1 Å². The minimum atomic E-state index is -2.72. The molecule has 0 bridgehead atoms. The summed E-state index contributed by atoms with van der Waals surface area (Å²) in [5, 5.41) is 2.28. The van der Waals surface area contributed by atoms with Gasteiger partial charge in [-0.3, -0.25) is 0 Å². The van der Waals surface area contributed by atoms with Gasteiger partial charge in [0.1, 0.15) is 6.04 Å². The first-order valence-electron chi connectivity index (χ1n) is 12.0. The Morgan fingerprint density at radius 3 is 1.69 bits per heavy atom. The third-order valence-electron chi connectivity index (χ3n) is 5.85. The first-order chi connectivity index (χ1) is 16.5. The quantitative estimate of drug-likeness (QED) is 0.363. The molecule has 0 radical (unpaired) electrons. The van der Waals surface area contributed by atoms with Crippen molar-refractivity contribution >= 4 is 29.7 Å². The van der Waals surface area contributed by atoms with Crippen molar-refractivity contribution in [3.8, 4) is 11.8 Å². The summed E-state index contributed by atoms with van der Waals surface area (Å²) < 4.78 is 22.9. The zero-order chi connectivity index (χ0) is 25.5. The number of hydrogen-bond acceptors (Lipinski definition) is 2. The molecule has 3 nitrogen and oxygen atoms in total. The molecule has 35 heavy (non-hydrogen) atoms. The smallest absolute Gasteiger partial charge is 0.261 e. The van der Waals surface area contributed by atoms with Crippen LogP contribution in [0, 0.1) is 11.8 Å². The molecule has 0 unspecified atom stereocenters. The third kappa shape index (κ3) is 6.80. The van der Waals surface area contributed by atoms with Crippen molar-refractivity contribution in [2.24, 2.45) is 0 Å². The summed E-state index contributed by atoms with van der Waals surface area (Å²) >= 11 is 0. The molecular formula is C30H37NO2SSi. The van der Waals surface area contributed by atoms with Gasteiger partial charge in [-0.1, -0.05) is 111 Å². The summed E-state index contributed by atoms with van der Waals surface area (Å²) in [4.78, 5) is 0. The van der Waals surface area contributed by atoms with Crippen molar-refractivity contribution in [3.05, 3.63) is 96.6 Å². The first kappa shape index (κ1) is 27.1. The highest BCUT2D eigenvalue weighted by Gasteiger charge is 2.50. The molecule has 3 aromatic carbocycles. The van der Waals surface area contributed by atoms with Crippen LogP contribution in [0.3, 0.4) is 0 Å². The van der Waals surface area contributed by atoms with Gasteiger partial charge in [-0.05, 0) is 48.3 Å². The lowest BCUT2D eigenvalue weighted by Gasteiger charge is -2.43. The van der Waals surface area contributed by atoms with E-state index in [2.05, 4.69) is 85.9 Å². The Balaban J connectivity index is 2.04. The van der Waals surface area contributed by atoms with Crippen LogP contribution in [0.5, 0.6) is 0 Å². The van der Waals surface area contributed by atoms with E-state index in [1.165, 1.54) is 10.4 Å². The van der Waals surface area contributed by atoms with Gasteiger partial charge < -0.3 is 4.43 Å². The topological polar surface area (TPSA) is 38.3 Å². The van der Waals surface area contributed by atoms with Crippen LogP contribution in [-0.2, 0) is 15.4 Å². The lowest BCUT2D eigenvalue weighted by molar-refractivity contribution is 0.285. The lowest BCUT2D eigenvalue weighted by Crippen LogP contribution is -2.67. The zero-order valence-corrected chi connectivity index (χ0v) is 23.5. The molecule has 0 aliphatic heterocycles.